The largest absolute Gasteiger partial charge is 0.313 e. The van der Waals surface area contributed by atoms with Crippen LogP contribution in [0.2, 0.25) is 5.02 Å². The number of aromatic nitrogens is 1. The molecular weight excluding hydrogens is 282 g/mol. The molecule has 2 aromatic rings. The second kappa shape index (κ2) is 5.91. The molecule has 1 aromatic carbocycles. The molecule has 1 N–H and O–H groups in total. The van der Waals surface area contributed by atoms with Gasteiger partial charge in [0.05, 0.1) is 5.52 Å². The number of hydrogen-bond donors (Lipinski definition) is 1. The van der Waals surface area contributed by atoms with Crippen molar-refractivity contribution < 1.29 is 0 Å². The molecule has 0 saturated heterocycles. The highest BCUT2D eigenvalue weighted by molar-refractivity contribution is 6.32. The van der Waals surface area contributed by atoms with Crippen LogP contribution >= 0.6 is 11.6 Å². The van der Waals surface area contributed by atoms with Gasteiger partial charge in [0, 0.05) is 42.2 Å². The monoisotopic (exact) mass is 303 g/mol. The van der Waals surface area contributed by atoms with Crippen molar-refractivity contribution in [1.29, 1.82) is 0 Å². The van der Waals surface area contributed by atoms with Gasteiger partial charge in [-0.15, -0.1) is 0 Å². The Hall–Kier alpha value is -1.16. The predicted octanol–water partition coefficient (Wildman–Crippen LogP) is 3.29. The number of hydrogen-bond acceptors (Lipinski definition) is 3. The number of rotatable bonds is 3. The summed E-state index contributed by atoms with van der Waals surface area (Å²) in [6.07, 6.45) is 1.02. The molecular formula is C17H22ClN3. The molecule has 3 rings (SSSR count). The number of benzene rings is 1. The normalized spacial score (nSPS) is 15.4. The van der Waals surface area contributed by atoms with E-state index in [9.17, 15) is 0 Å². The first-order chi connectivity index (χ1) is 10.1. The molecule has 0 radical (unpaired) electrons. The van der Waals surface area contributed by atoms with E-state index in [4.69, 9.17) is 16.6 Å². The fourth-order valence-corrected chi connectivity index (χ4v) is 3.25. The van der Waals surface area contributed by atoms with Gasteiger partial charge in [-0.25, -0.2) is 0 Å². The maximum atomic E-state index is 6.29. The average Bonchev–Trinajstić information content (AvgIpc) is 2.48. The zero-order valence-corrected chi connectivity index (χ0v) is 13.7. The van der Waals surface area contributed by atoms with E-state index in [1.165, 1.54) is 22.2 Å². The Morgan fingerprint density at radius 1 is 1.38 bits per heavy atom. The summed E-state index contributed by atoms with van der Waals surface area (Å²) in [5.74, 6) is 0. The lowest BCUT2D eigenvalue weighted by Crippen LogP contribution is -2.29. The Kier molecular flexibility index (Phi) is 4.16. The van der Waals surface area contributed by atoms with Crippen molar-refractivity contribution in [1.82, 2.24) is 15.2 Å². The SMILES string of the molecule is CCNCc1c2c(nc3c(C)c(Cl)ccc13)CCN(C)C2. The van der Waals surface area contributed by atoms with Crippen LogP contribution in [0, 0.1) is 6.92 Å². The van der Waals surface area contributed by atoms with E-state index in [0.29, 0.717) is 0 Å². The minimum Gasteiger partial charge on any atom is -0.313 e. The molecule has 3 nitrogen and oxygen atoms in total. The van der Waals surface area contributed by atoms with Crippen LogP contribution in [0.3, 0.4) is 0 Å². The van der Waals surface area contributed by atoms with Crippen molar-refractivity contribution in [3.05, 3.63) is 39.5 Å². The first-order valence-electron chi connectivity index (χ1n) is 7.60. The number of nitrogens with one attached hydrogen (secondary N) is 1. The minimum atomic E-state index is 0.803. The summed E-state index contributed by atoms with van der Waals surface area (Å²) >= 11 is 6.29. The Morgan fingerprint density at radius 3 is 2.95 bits per heavy atom. The van der Waals surface area contributed by atoms with Gasteiger partial charge in [0.2, 0.25) is 0 Å². The first-order valence-corrected chi connectivity index (χ1v) is 7.98. The smallest absolute Gasteiger partial charge is 0.0752 e. The van der Waals surface area contributed by atoms with E-state index in [1.807, 2.05) is 6.07 Å². The van der Waals surface area contributed by atoms with Gasteiger partial charge in [0.25, 0.3) is 0 Å². The molecule has 0 aliphatic carbocycles. The molecule has 1 aromatic heterocycles. The topological polar surface area (TPSA) is 28.2 Å². The summed E-state index contributed by atoms with van der Waals surface area (Å²) < 4.78 is 0. The second-order valence-corrected chi connectivity index (χ2v) is 6.26. The van der Waals surface area contributed by atoms with Crippen LogP contribution in [0.15, 0.2) is 12.1 Å². The van der Waals surface area contributed by atoms with Gasteiger partial charge >= 0.3 is 0 Å². The van der Waals surface area contributed by atoms with Crippen molar-refractivity contribution in [3.63, 3.8) is 0 Å². The van der Waals surface area contributed by atoms with Crippen molar-refractivity contribution in [2.45, 2.75) is 33.4 Å². The van der Waals surface area contributed by atoms with Gasteiger partial charge in [-0.1, -0.05) is 24.6 Å². The molecule has 0 unspecified atom stereocenters. The lowest BCUT2D eigenvalue weighted by molar-refractivity contribution is 0.309. The van der Waals surface area contributed by atoms with E-state index >= 15 is 0 Å². The highest BCUT2D eigenvalue weighted by Crippen LogP contribution is 2.31. The molecule has 1 aliphatic heterocycles. The Morgan fingerprint density at radius 2 is 2.19 bits per heavy atom. The molecule has 21 heavy (non-hydrogen) atoms. The van der Waals surface area contributed by atoms with Crippen molar-refractivity contribution in [3.8, 4) is 0 Å². The zero-order chi connectivity index (χ0) is 15.0. The molecule has 0 fully saturated rings. The van der Waals surface area contributed by atoms with Crippen LogP contribution in [0.4, 0.5) is 0 Å². The Balaban J connectivity index is 2.25. The number of pyridine rings is 1. The third kappa shape index (κ3) is 2.66. The van der Waals surface area contributed by atoms with Gasteiger partial charge in [-0.05, 0) is 43.3 Å². The second-order valence-electron chi connectivity index (χ2n) is 5.85. The summed E-state index contributed by atoms with van der Waals surface area (Å²) in [5, 5.41) is 5.52. The molecule has 0 atom stereocenters. The number of halogens is 1. The predicted molar refractivity (Wildman–Crippen MR) is 88.9 cm³/mol. The molecule has 0 amide bonds. The van der Waals surface area contributed by atoms with E-state index in [1.54, 1.807) is 0 Å². The molecule has 0 saturated carbocycles. The molecule has 2 heterocycles. The summed E-state index contributed by atoms with van der Waals surface area (Å²) in [7, 11) is 2.18. The number of fused-ring (bicyclic) bond motifs is 2. The van der Waals surface area contributed by atoms with E-state index < -0.39 is 0 Å². The Labute approximate surface area is 131 Å². The van der Waals surface area contributed by atoms with Gasteiger partial charge in [-0.3, -0.25) is 4.98 Å². The van der Waals surface area contributed by atoms with Crippen molar-refractivity contribution in [2.24, 2.45) is 0 Å². The van der Waals surface area contributed by atoms with Gasteiger partial charge in [0.15, 0.2) is 0 Å². The lowest BCUT2D eigenvalue weighted by Gasteiger charge is -2.28. The van der Waals surface area contributed by atoms with Gasteiger partial charge in [0.1, 0.15) is 0 Å². The quantitative estimate of drug-likeness (QED) is 0.943. The number of aryl methyl sites for hydroxylation is 1. The van der Waals surface area contributed by atoms with Crippen molar-refractivity contribution in [2.75, 3.05) is 20.1 Å². The summed E-state index contributed by atoms with van der Waals surface area (Å²) in [5.41, 5.74) is 6.20. The number of likely N-dealkylation sites (N-methyl/N-ethyl adjacent to an activating group) is 1. The average molecular weight is 304 g/mol. The fourth-order valence-electron chi connectivity index (χ4n) is 3.09. The van der Waals surface area contributed by atoms with E-state index in [2.05, 4.69) is 37.2 Å². The van der Waals surface area contributed by atoms with Crippen LogP contribution in [-0.2, 0) is 19.5 Å². The first kappa shape index (κ1) is 14.8. The molecule has 0 bridgehead atoms. The summed E-state index contributed by atoms with van der Waals surface area (Å²) in [6, 6.07) is 4.12. The maximum absolute atomic E-state index is 6.29. The molecule has 112 valence electrons. The zero-order valence-electron chi connectivity index (χ0n) is 13.0. The Bertz CT molecular complexity index is 682. The summed E-state index contributed by atoms with van der Waals surface area (Å²) in [4.78, 5) is 7.31. The standard InChI is InChI=1S/C17H22ClN3/c1-4-19-9-13-12-5-6-15(18)11(2)17(12)20-16-7-8-21(3)10-14(13)16/h5-6,19H,4,7-10H2,1-3H3. The van der Waals surface area contributed by atoms with Crippen LogP contribution < -0.4 is 5.32 Å². The van der Waals surface area contributed by atoms with E-state index in [-0.39, 0.29) is 0 Å². The third-order valence-electron chi connectivity index (χ3n) is 4.36. The van der Waals surface area contributed by atoms with Gasteiger partial charge < -0.3 is 10.2 Å². The molecule has 4 heteroatoms. The third-order valence-corrected chi connectivity index (χ3v) is 4.77. The number of nitrogens with zero attached hydrogens (tertiary/aromatic N) is 2. The van der Waals surface area contributed by atoms with Crippen LogP contribution in [0.5, 0.6) is 0 Å². The fraction of sp³-hybridized carbons (Fsp3) is 0.471. The van der Waals surface area contributed by atoms with E-state index in [0.717, 1.165) is 48.7 Å². The van der Waals surface area contributed by atoms with Crippen LogP contribution in [0.1, 0.15) is 29.3 Å². The lowest BCUT2D eigenvalue weighted by atomic mass is 9.94. The summed E-state index contributed by atoms with van der Waals surface area (Å²) in [6.45, 7) is 8.14. The highest BCUT2D eigenvalue weighted by Gasteiger charge is 2.21. The molecule has 0 spiro atoms. The van der Waals surface area contributed by atoms with Crippen molar-refractivity contribution >= 4 is 22.5 Å². The minimum absolute atomic E-state index is 0.803. The highest BCUT2D eigenvalue weighted by atomic mass is 35.5. The van der Waals surface area contributed by atoms with Crippen LogP contribution in [-0.4, -0.2) is 30.0 Å². The molecule has 1 aliphatic rings. The van der Waals surface area contributed by atoms with Gasteiger partial charge in [-0.2, -0.15) is 0 Å². The van der Waals surface area contributed by atoms with Crippen LogP contribution in [0.25, 0.3) is 10.9 Å². The maximum Gasteiger partial charge on any atom is 0.0752 e.